The number of rotatable bonds is 6. The Balaban J connectivity index is 2.00. The lowest BCUT2D eigenvalue weighted by Crippen LogP contribution is -2.32. The minimum atomic E-state index is -0.0349. The molecule has 118 valence electrons. The highest BCUT2D eigenvalue weighted by Gasteiger charge is 2.13. The van der Waals surface area contributed by atoms with Crippen molar-refractivity contribution in [2.75, 3.05) is 18.4 Å². The Labute approximate surface area is 140 Å². The van der Waals surface area contributed by atoms with Crippen LogP contribution in [0.1, 0.15) is 22.9 Å². The number of benzene rings is 1. The fourth-order valence-electron chi connectivity index (χ4n) is 2.36. The highest BCUT2D eigenvalue weighted by Crippen LogP contribution is 2.27. The number of carbonyl (C=O) groups excluding carboxylic acids is 1. The summed E-state index contributed by atoms with van der Waals surface area (Å²) in [5.41, 5.74) is 2.79. The zero-order valence-electron chi connectivity index (χ0n) is 13.1. The van der Waals surface area contributed by atoms with E-state index in [1.165, 1.54) is 4.88 Å². The van der Waals surface area contributed by atoms with Gasteiger partial charge in [0.1, 0.15) is 0 Å². The lowest BCUT2D eigenvalue weighted by molar-refractivity contribution is -0.117. The first kappa shape index (κ1) is 17.0. The highest BCUT2D eigenvalue weighted by atomic mass is 35.5. The molecular weight excluding hydrogens is 316 g/mol. The first-order valence-corrected chi connectivity index (χ1v) is 8.56. The summed E-state index contributed by atoms with van der Waals surface area (Å²) in [6.45, 7) is 7.99. The number of amides is 1. The highest BCUT2D eigenvalue weighted by molar-refractivity contribution is 7.09. The Bertz CT molecular complexity index is 617. The summed E-state index contributed by atoms with van der Waals surface area (Å²) in [6, 6.07) is 8.01. The van der Waals surface area contributed by atoms with Crippen molar-refractivity contribution in [3.63, 3.8) is 0 Å². The minimum Gasteiger partial charge on any atom is -0.323 e. The number of likely N-dealkylation sites (N-methyl/N-ethyl adjacent to an activating group) is 1. The minimum absolute atomic E-state index is 0.0349. The summed E-state index contributed by atoms with van der Waals surface area (Å²) in [6.07, 6.45) is 0. The van der Waals surface area contributed by atoms with Crippen molar-refractivity contribution in [1.29, 1.82) is 0 Å². The van der Waals surface area contributed by atoms with Gasteiger partial charge in [-0.3, -0.25) is 9.69 Å². The van der Waals surface area contributed by atoms with Gasteiger partial charge in [-0.05, 0) is 49.0 Å². The van der Waals surface area contributed by atoms with Crippen molar-refractivity contribution in [3.05, 3.63) is 50.7 Å². The second-order valence-corrected chi connectivity index (χ2v) is 6.81. The Morgan fingerprint density at radius 2 is 2.14 bits per heavy atom. The van der Waals surface area contributed by atoms with E-state index in [1.807, 2.05) is 32.0 Å². The van der Waals surface area contributed by atoms with Crippen LogP contribution >= 0.6 is 22.9 Å². The lowest BCUT2D eigenvalue weighted by Gasteiger charge is -2.20. The van der Waals surface area contributed by atoms with E-state index in [-0.39, 0.29) is 5.91 Å². The molecule has 1 heterocycles. The predicted molar refractivity (Wildman–Crippen MR) is 94.8 cm³/mol. The maximum atomic E-state index is 12.3. The van der Waals surface area contributed by atoms with Crippen LogP contribution in [0.3, 0.4) is 0 Å². The molecule has 22 heavy (non-hydrogen) atoms. The van der Waals surface area contributed by atoms with Gasteiger partial charge in [0.25, 0.3) is 0 Å². The summed E-state index contributed by atoms with van der Waals surface area (Å²) < 4.78 is 0. The van der Waals surface area contributed by atoms with Crippen molar-refractivity contribution < 1.29 is 4.79 Å². The van der Waals surface area contributed by atoms with E-state index < -0.39 is 0 Å². The standard InChI is InChI=1S/C17H21ClN2OS/c1-4-20(10-14-6-5-7-22-14)11-16(21)19-17-13(3)8-12(2)9-15(17)18/h5-9H,4,10-11H2,1-3H3,(H,19,21). The molecule has 0 aliphatic heterocycles. The number of halogens is 1. The molecule has 3 nitrogen and oxygen atoms in total. The third-order valence-corrected chi connectivity index (χ3v) is 4.63. The summed E-state index contributed by atoms with van der Waals surface area (Å²) in [5.74, 6) is -0.0349. The van der Waals surface area contributed by atoms with E-state index in [4.69, 9.17) is 11.6 Å². The Morgan fingerprint density at radius 3 is 2.73 bits per heavy atom. The first-order valence-electron chi connectivity index (χ1n) is 7.31. The van der Waals surface area contributed by atoms with Gasteiger partial charge in [0, 0.05) is 11.4 Å². The average Bonchev–Trinajstić information content (AvgIpc) is 2.95. The zero-order valence-corrected chi connectivity index (χ0v) is 14.7. The molecule has 1 amide bonds. The molecule has 0 unspecified atom stereocenters. The molecule has 0 radical (unpaired) electrons. The van der Waals surface area contributed by atoms with E-state index in [9.17, 15) is 4.79 Å². The van der Waals surface area contributed by atoms with Crippen molar-refractivity contribution in [2.24, 2.45) is 0 Å². The van der Waals surface area contributed by atoms with Gasteiger partial charge in [-0.1, -0.05) is 30.7 Å². The summed E-state index contributed by atoms with van der Waals surface area (Å²) in [7, 11) is 0. The number of nitrogens with one attached hydrogen (secondary N) is 1. The van der Waals surface area contributed by atoms with Gasteiger partial charge in [-0.2, -0.15) is 0 Å². The number of nitrogens with zero attached hydrogens (tertiary/aromatic N) is 1. The fraction of sp³-hybridized carbons (Fsp3) is 0.353. The van der Waals surface area contributed by atoms with Crippen LogP contribution in [0, 0.1) is 13.8 Å². The van der Waals surface area contributed by atoms with Gasteiger partial charge < -0.3 is 5.32 Å². The predicted octanol–water partition coefficient (Wildman–Crippen LogP) is 4.48. The first-order chi connectivity index (χ1) is 10.5. The van der Waals surface area contributed by atoms with Gasteiger partial charge >= 0.3 is 0 Å². The third kappa shape index (κ3) is 4.57. The van der Waals surface area contributed by atoms with Crippen molar-refractivity contribution >= 4 is 34.5 Å². The summed E-state index contributed by atoms with van der Waals surface area (Å²) in [4.78, 5) is 15.7. The number of thiophene rings is 1. The van der Waals surface area contributed by atoms with Crippen LogP contribution in [0.2, 0.25) is 5.02 Å². The van der Waals surface area contributed by atoms with Gasteiger partial charge in [-0.15, -0.1) is 11.3 Å². The topological polar surface area (TPSA) is 32.3 Å². The molecule has 0 spiro atoms. The normalized spacial score (nSPS) is 11.0. The van der Waals surface area contributed by atoms with Crippen LogP contribution in [-0.4, -0.2) is 23.9 Å². The molecule has 1 aromatic heterocycles. The zero-order chi connectivity index (χ0) is 16.1. The van der Waals surface area contributed by atoms with E-state index in [1.54, 1.807) is 11.3 Å². The summed E-state index contributed by atoms with van der Waals surface area (Å²) >= 11 is 7.95. The van der Waals surface area contributed by atoms with Gasteiger partial charge in [0.05, 0.1) is 17.3 Å². The van der Waals surface area contributed by atoms with Crippen molar-refractivity contribution in [2.45, 2.75) is 27.3 Å². The second kappa shape index (κ2) is 7.77. The van der Waals surface area contributed by atoms with E-state index in [0.717, 1.165) is 24.2 Å². The van der Waals surface area contributed by atoms with Crippen LogP contribution in [0.15, 0.2) is 29.6 Å². The molecular formula is C17H21ClN2OS. The average molecular weight is 337 g/mol. The Kier molecular flexibility index (Phi) is 6.00. The molecule has 0 aliphatic carbocycles. The van der Waals surface area contributed by atoms with Gasteiger partial charge in [-0.25, -0.2) is 0 Å². The molecule has 0 bridgehead atoms. The lowest BCUT2D eigenvalue weighted by atomic mass is 10.1. The van der Waals surface area contributed by atoms with Crippen LogP contribution in [0.25, 0.3) is 0 Å². The quantitative estimate of drug-likeness (QED) is 0.843. The number of anilines is 1. The fourth-order valence-corrected chi connectivity index (χ4v) is 3.47. The largest absolute Gasteiger partial charge is 0.323 e. The van der Waals surface area contributed by atoms with E-state index in [0.29, 0.717) is 17.3 Å². The maximum Gasteiger partial charge on any atom is 0.238 e. The number of hydrogen-bond donors (Lipinski definition) is 1. The van der Waals surface area contributed by atoms with E-state index in [2.05, 4.69) is 28.6 Å². The van der Waals surface area contributed by atoms with Crippen LogP contribution < -0.4 is 5.32 Å². The molecule has 0 saturated carbocycles. The molecule has 0 aliphatic rings. The number of aryl methyl sites for hydroxylation is 2. The van der Waals surface area contributed by atoms with Crippen molar-refractivity contribution in [3.8, 4) is 0 Å². The summed E-state index contributed by atoms with van der Waals surface area (Å²) in [5, 5.41) is 5.59. The Hall–Kier alpha value is -1.36. The number of carbonyl (C=O) groups is 1. The molecule has 2 aromatic rings. The maximum absolute atomic E-state index is 12.3. The molecule has 5 heteroatoms. The van der Waals surface area contributed by atoms with Gasteiger partial charge in [0.15, 0.2) is 0 Å². The molecule has 1 aromatic carbocycles. The van der Waals surface area contributed by atoms with Crippen LogP contribution in [0.4, 0.5) is 5.69 Å². The van der Waals surface area contributed by atoms with Crippen LogP contribution in [-0.2, 0) is 11.3 Å². The smallest absolute Gasteiger partial charge is 0.238 e. The Morgan fingerprint density at radius 1 is 1.36 bits per heavy atom. The van der Waals surface area contributed by atoms with Gasteiger partial charge in [0.2, 0.25) is 5.91 Å². The monoisotopic (exact) mass is 336 g/mol. The van der Waals surface area contributed by atoms with Crippen LogP contribution in [0.5, 0.6) is 0 Å². The molecule has 2 rings (SSSR count). The molecule has 1 N–H and O–H groups in total. The molecule has 0 saturated heterocycles. The second-order valence-electron chi connectivity index (χ2n) is 5.37. The third-order valence-electron chi connectivity index (χ3n) is 3.47. The molecule has 0 atom stereocenters. The SMILES string of the molecule is CCN(CC(=O)Nc1c(C)cc(C)cc1Cl)Cc1cccs1. The van der Waals surface area contributed by atoms with E-state index >= 15 is 0 Å². The van der Waals surface area contributed by atoms with Crippen molar-refractivity contribution in [1.82, 2.24) is 4.90 Å². The molecule has 0 fully saturated rings. The number of hydrogen-bond acceptors (Lipinski definition) is 3.